The van der Waals surface area contributed by atoms with Gasteiger partial charge < -0.3 is 35.0 Å². The van der Waals surface area contributed by atoms with E-state index in [1.54, 1.807) is 0 Å². The van der Waals surface area contributed by atoms with Gasteiger partial charge >= 0.3 is 0 Å². The van der Waals surface area contributed by atoms with Crippen molar-refractivity contribution in [2.75, 3.05) is 13.2 Å². The highest BCUT2D eigenvalue weighted by Gasteiger charge is 2.63. The van der Waals surface area contributed by atoms with Crippen LogP contribution in [0.15, 0.2) is 11.6 Å². The number of hydrogen-bond donors (Lipinski definition) is 5. The Hall–Kier alpha value is -0.870. The molecule has 0 bridgehead atoms. The number of carbonyl (C=O) groups excluding carboxylic acids is 1. The molecule has 40 heavy (non-hydrogen) atoms. The maximum Gasteiger partial charge on any atom is 0.186 e. The summed E-state index contributed by atoms with van der Waals surface area (Å²) in [5, 5.41) is 51.9. The van der Waals surface area contributed by atoms with Gasteiger partial charge in [-0.05, 0) is 104 Å². The van der Waals surface area contributed by atoms with Crippen LogP contribution in [0.4, 0.5) is 0 Å². The topological polar surface area (TPSA) is 137 Å². The molecule has 3 saturated carbocycles. The van der Waals surface area contributed by atoms with E-state index >= 15 is 0 Å². The van der Waals surface area contributed by atoms with E-state index in [1.165, 1.54) is 5.57 Å². The molecule has 228 valence electrons. The molecule has 0 aromatic carbocycles. The van der Waals surface area contributed by atoms with Crippen LogP contribution in [0.25, 0.3) is 0 Å². The van der Waals surface area contributed by atoms with Gasteiger partial charge in [-0.2, -0.15) is 0 Å². The number of rotatable bonds is 8. The Bertz CT molecular complexity index is 953. The molecule has 0 aromatic heterocycles. The van der Waals surface area contributed by atoms with Gasteiger partial charge in [0.2, 0.25) is 0 Å². The first-order valence-electron chi connectivity index (χ1n) is 15.7. The van der Waals surface area contributed by atoms with E-state index in [2.05, 4.69) is 20.8 Å². The summed E-state index contributed by atoms with van der Waals surface area (Å²) in [6, 6.07) is 0. The molecule has 5 N–H and O–H groups in total. The number of ketones is 1. The maximum absolute atomic E-state index is 12.3. The van der Waals surface area contributed by atoms with Gasteiger partial charge in [0.25, 0.3) is 0 Å². The van der Waals surface area contributed by atoms with Crippen molar-refractivity contribution in [3.63, 3.8) is 0 Å². The zero-order valence-electron chi connectivity index (χ0n) is 24.7. The van der Waals surface area contributed by atoms with E-state index in [0.717, 1.165) is 44.9 Å². The average Bonchev–Trinajstić information content (AvgIpc) is 3.23. The number of hydrogen-bond acceptors (Lipinski definition) is 8. The molecule has 0 spiro atoms. The average molecular weight is 565 g/mol. The third kappa shape index (κ3) is 5.24. The van der Waals surface area contributed by atoms with Crippen LogP contribution in [0, 0.1) is 46.3 Å². The first-order chi connectivity index (χ1) is 18.9. The SMILES string of the molecule is C[C@H](CO)CC[C@@H](O)[C@@H](C)[C@H]1C(O[C@@H]2OC[C@@H](O)[C@H](O)[C@H]2O)C[C@H]2[C@@H]3CCC4=CC(=O)CC[C@]4(C)[C@H]3CC[C@]12C. The number of ether oxygens (including phenoxy) is 2. The molecule has 4 aliphatic carbocycles. The van der Waals surface area contributed by atoms with Crippen molar-refractivity contribution < 1.29 is 39.8 Å². The minimum atomic E-state index is -1.35. The van der Waals surface area contributed by atoms with Gasteiger partial charge in [0.1, 0.15) is 18.3 Å². The molecule has 1 unspecified atom stereocenters. The van der Waals surface area contributed by atoms with E-state index in [1.807, 2.05) is 13.0 Å². The van der Waals surface area contributed by atoms with Crippen molar-refractivity contribution in [1.82, 2.24) is 0 Å². The summed E-state index contributed by atoms with van der Waals surface area (Å²) in [7, 11) is 0. The van der Waals surface area contributed by atoms with Crippen LogP contribution in [0.3, 0.4) is 0 Å². The molecular formula is C32H52O8. The van der Waals surface area contributed by atoms with Gasteiger partial charge in [-0.25, -0.2) is 0 Å². The number of aliphatic hydroxyl groups is 5. The molecule has 1 aliphatic heterocycles. The van der Waals surface area contributed by atoms with Crippen LogP contribution < -0.4 is 0 Å². The standard InChI is InChI=1S/C32H52O8/c1-17(15-33)5-8-24(35)18(2)27-26(40-30-29(38)28(37)25(36)16-39-30)14-23-21-7-6-19-13-20(34)9-11-31(19,3)22(21)10-12-32(23,27)4/h13,17-18,21-30,33,35-38H,5-12,14-16H2,1-4H3/t17-,18+,21+,22-,23-,24+,25+,26?,27-,28-,29+,30-,31-,32-/m0/s1. The predicted molar refractivity (Wildman–Crippen MR) is 149 cm³/mol. The molecule has 8 heteroatoms. The summed E-state index contributed by atoms with van der Waals surface area (Å²) in [4.78, 5) is 12.3. The molecule has 8 nitrogen and oxygen atoms in total. The molecule has 1 heterocycles. The number of allylic oxidation sites excluding steroid dienone is 1. The van der Waals surface area contributed by atoms with Crippen molar-refractivity contribution in [2.24, 2.45) is 46.3 Å². The van der Waals surface area contributed by atoms with Crippen molar-refractivity contribution in [2.45, 2.75) is 122 Å². The quantitative estimate of drug-likeness (QED) is 0.304. The lowest BCUT2D eigenvalue weighted by Crippen LogP contribution is -2.55. The van der Waals surface area contributed by atoms with Gasteiger partial charge in [-0.3, -0.25) is 4.79 Å². The lowest BCUT2D eigenvalue weighted by molar-refractivity contribution is -0.288. The molecule has 5 aliphatic rings. The van der Waals surface area contributed by atoms with Crippen LogP contribution in [-0.2, 0) is 14.3 Å². The largest absolute Gasteiger partial charge is 0.396 e. The van der Waals surface area contributed by atoms with Crippen molar-refractivity contribution in [3.05, 3.63) is 11.6 Å². The first-order valence-corrected chi connectivity index (χ1v) is 15.7. The third-order valence-corrected chi connectivity index (χ3v) is 12.3. The zero-order chi connectivity index (χ0) is 29.0. The van der Waals surface area contributed by atoms with Gasteiger partial charge in [0, 0.05) is 13.0 Å². The summed E-state index contributed by atoms with van der Waals surface area (Å²) < 4.78 is 12.2. The second-order valence-electron chi connectivity index (χ2n) is 14.5. The number of carbonyl (C=O) groups is 1. The normalized spacial score (nSPS) is 47.5. The highest BCUT2D eigenvalue weighted by molar-refractivity contribution is 5.91. The first kappa shape index (κ1) is 30.6. The van der Waals surface area contributed by atoms with Crippen molar-refractivity contribution in [3.8, 4) is 0 Å². The van der Waals surface area contributed by atoms with Gasteiger partial charge in [-0.1, -0.05) is 33.3 Å². The molecule has 4 fully saturated rings. The third-order valence-electron chi connectivity index (χ3n) is 12.3. The van der Waals surface area contributed by atoms with Crippen LogP contribution in [0.1, 0.15) is 85.5 Å². The van der Waals surface area contributed by atoms with Gasteiger partial charge in [-0.15, -0.1) is 0 Å². The predicted octanol–water partition coefficient (Wildman–Crippen LogP) is 2.97. The Morgan fingerprint density at radius 1 is 1.05 bits per heavy atom. The van der Waals surface area contributed by atoms with E-state index < -0.39 is 30.7 Å². The second kappa shape index (κ2) is 11.7. The smallest absolute Gasteiger partial charge is 0.186 e. The number of fused-ring (bicyclic) bond motifs is 5. The van der Waals surface area contributed by atoms with Crippen molar-refractivity contribution in [1.29, 1.82) is 0 Å². The lowest BCUT2D eigenvalue weighted by atomic mass is 9.46. The van der Waals surface area contributed by atoms with Crippen LogP contribution in [0.2, 0.25) is 0 Å². The fourth-order valence-electron chi connectivity index (χ4n) is 9.79. The molecule has 1 saturated heterocycles. The minimum Gasteiger partial charge on any atom is -0.396 e. The lowest BCUT2D eigenvalue weighted by Gasteiger charge is -2.58. The fourth-order valence-corrected chi connectivity index (χ4v) is 9.79. The highest BCUT2D eigenvalue weighted by atomic mass is 16.7. The second-order valence-corrected chi connectivity index (χ2v) is 14.5. The Labute approximate surface area is 239 Å². The summed E-state index contributed by atoms with van der Waals surface area (Å²) in [6.45, 7) is 8.85. The van der Waals surface area contributed by atoms with Gasteiger partial charge in [0.05, 0.1) is 18.8 Å². The van der Waals surface area contributed by atoms with E-state index in [9.17, 15) is 30.3 Å². The maximum atomic E-state index is 12.3. The van der Waals surface area contributed by atoms with E-state index in [-0.39, 0.29) is 53.7 Å². The summed E-state index contributed by atoms with van der Waals surface area (Å²) in [5.74, 6) is 1.72. The summed E-state index contributed by atoms with van der Waals surface area (Å²) in [5.41, 5.74) is 1.32. The molecule has 0 aromatic rings. The van der Waals surface area contributed by atoms with Gasteiger partial charge in [0.15, 0.2) is 12.1 Å². The van der Waals surface area contributed by atoms with E-state index in [0.29, 0.717) is 30.6 Å². The molecule has 5 rings (SSSR count). The summed E-state index contributed by atoms with van der Waals surface area (Å²) >= 11 is 0. The Morgan fingerprint density at radius 2 is 1.80 bits per heavy atom. The Kier molecular flexibility index (Phi) is 8.92. The minimum absolute atomic E-state index is 0.0235. The molecule has 0 amide bonds. The molecule has 0 radical (unpaired) electrons. The zero-order valence-corrected chi connectivity index (χ0v) is 24.7. The number of aliphatic hydroxyl groups excluding tert-OH is 5. The highest BCUT2D eigenvalue weighted by Crippen LogP contribution is 2.68. The monoisotopic (exact) mass is 564 g/mol. The molecule has 14 atom stereocenters. The van der Waals surface area contributed by atoms with Crippen molar-refractivity contribution >= 4 is 5.78 Å². The van der Waals surface area contributed by atoms with Crippen LogP contribution in [-0.4, -0.2) is 81.3 Å². The van der Waals surface area contributed by atoms with Crippen LogP contribution in [0.5, 0.6) is 0 Å². The Balaban J connectivity index is 1.42. The summed E-state index contributed by atoms with van der Waals surface area (Å²) in [6.07, 6.45) is 4.04. The van der Waals surface area contributed by atoms with Crippen LogP contribution >= 0.6 is 0 Å². The fraction of sp³-hybridized carbons (Fsp3) is 0.906. The van der Waals surface area contributed by atoms with E-state index in [4.69, 9.17) is 9.47 Å². The Morgan fingerprint density at radius 3 is 2.52 bits per heavy atom. The molecular weight excluding hydrogens is 512 g/mol.